The maximum absolute atomic E-state index is 4.72. The van der Waals surface area contributed by atoms with Crippen LogP contribution in [0.4, 0.5) is 0 Å². The predicted octanol–water partition coefficient (Wildman–Crippen LogP) is 4.98. The molecule has 5 nitrogen and oxygen atoms in total. The van der Waals surface area contributed by atoms with Gasteiger partial charge in [0.25, 0.3) is 0 Å². The van der Waals surface area contributed by atoms with Crippen molar-refractivity contribution in [3.8, 4) is 0 Å². The van der Waals surface area contributed by atoms with Gasteiger partial charge in [-0.05, 0) is 37.1 Å². The van der Waals surface area contributed by atoms with Gasteiger partial charge in [-0.1, -0.05) is 52.0 Å². The van der Waals surface area contributed by atoms with E-state index in [1.165, 1.54) is 11.1 Å². The molecule has 0 fully saturated rings. The van der Waals surface area contributed by atoms with E-state index in [-0.39, 0.29) is 24.0 Å². The Hall–Kier alpha value is -1.19. The van der Waals surface area contributed by atoms with E-state index in [4.69, 9.17) is 4.99 Å². The van der Waals surface area contributed by atoms with Crippen molar-refractivity contribution in [1.82, 2.24) is 20.5 Å². The molecule has 2 N–H and O–H groups in total. The number of nitrogens with one attached hydrogen (secondary N) is 2. The van der Waals surface area contributed by atoms with E-state index in [0.29, 0.717) is 19.0 Å². The molecular weight excluding hydrogens is 493 g/mol. The summed E-state index contributed by atoms with van der Waals surface area (Å²) in [7, 11) is 0. The zero-order valence-electron chi connectivity index (χ0n) is 18.4. The van der Waals surface area contributed by atoms with E-state index >= 15 is 0 Å². The third kappa shape index (κ3) is 9.00. The minimum atomic E-state index is 0. The Kier molecular flexibility index (Phi) is 12.4. The summed E-state index contributed by atoms with van der Waals surface area (Å²) in [6.07, 6.45) is 0. The lowest BCUT2D eigenvalue weighted by atomic mass is 10.1. The molecule has 0 aliphatic heterocycles. The second-order valence-electron chi connectivity index (χ2n) is 7.15. The fourth-order valence-electron chi connectivity index (χ4n) is 2.80. The maximum Gasteiger partial charge on any atom is 0.191 e. The highest BCUT2D eigenvalue weighted by molar-refractivity contribution is 14.0. The Morgan fingerprint density at radius 1 is 1.07 bits per heavy atom. The first-order valence-electron chi connectivity index (χ1n) is 10.3. The Morgan fingerprint density at radius 3 is 2.28 bits per heavy atom. The van der Waals surface area contributed by atoms with Gasteiger partial charge in [0, 0.05) is 18.5 Å². The monoisotopic (exact) mass is 529 g/mol. The van der Waals surface area contributed by atoms with E-state index in [9.17, 15) is 0 Å². The second-order valence-corrected chi connectivity index (χ2v) is 8.09. The van der Waals surface area contributed by atoms with Crippen LogP contribution in [0.2, 0.25) is 0 Å². The minimum absolute atomic E-state index is 0. The van der Waals surface area contributed by atoms with Crippen molar-refractivity contribution in [3.05, 3.63) is 51.5 Å². The summed E-state index contributed by atoms with van der Waals surface area (Å²) in [5.41, 5.74) is 3.73. The normalized spacial score (nSPS) is 11.6. The van der Waals surface area contributed by atoms with Crippen LogP contribution in [-0.4, -0.2) is 35.5 Å². The van der Waals surface area contributed by atoms with Crippen LogP contribution >= 0.6 is 35.3 Å². The fourth-order valence-corrected chi connectivity index (χ4v) is 3.69. The second kappa shape index (κ2) is 13.9. The largest absolute Gasteiger partial charge is 0.357 e. The van der Waals surface area contributed by atoms with Crippen LogP contribution in [0.3, 0.4) is 0 Å². The summed E-state index contributed by atoms with van der Waals surface area (Å²) >= 11 is 1.70. The van der Waals surface area contributed by atoms with Gasteiger partial charge in [-0.15, -0.1) is 35.3 Å². The van der Waals surface area contributed by atoms with Crippen molar-refractivity contribution in [3.63, 3.8) is 0 Å². The van der Waals surface area contributed by atoms with Gasteiger partial charge in [-0.2, -0.15) is 0 Å². The number of benzene rings is 1. The van der Waals surface area contributed by atoms with Gasteiger partial charge in [-0.25, -0.2) is 9.98 Å². The molecule has 1 aromatic heterocycles. The average Bonchev–Trinajstić information content (AvgIpc) is 3.18. The van der Waals surface area contributed by atoms with Crippen LogP contribution in [0.15, 0.2) is 34.6 Å². The molecule has 0 bridgehead atoms. The van der Waals surface area contributed by atoms with Crippen LogP contribution in [0.1, 0.15) is 62.4 Å². The predicted molar refractivity (Wildman–Crippen MR) is 136 cm³/mol. The van der Waals surface area contributed by atoms with Crippen LogP contribution in [-0.2, 0) is 19.6 Å². The average molecular weight is 530 g/mol. The van der Waals surface area contributed by atoms with Crippen LogP contribution in [0.5, 0.6) is 0 Å². The van der Waals surface area contributed by atoms with E-state index in [1.807, 2.05) is 0 Å². The molecule has 162 valence electrons. The first-order chi connectivity index (χ1) is 13.5. The summed E-state index contributed by atoms with van der Waals surface area (Å²) in [5.74, 6) is 1.30. The number of nitrogens with zero attached hydrogens (tertiary/aromatic N) is 3. The van der Waals surface area contributed by atoms with Crippen molar-refractivity contribution in [2.75, 3.05) is 19.6 Å². The van der Waals surface area contributed by atoms with E-state index in [0.717, 1.165) is 42.8 Å². The van der Waals surface area contributed by atoms with Crippen molar-refractivity contribution in [2.24, 2.45) is 4.99 Å². The van der Waals surface area contributed by atoms with Gasteiger partial charge in [0.05, 0.1) is 18.8 Å². The smallest absolute Gasteiger partial charge is 0.191 e. The number of hydrogen-bond acceptors (Lipinski definition) is 4. The molecule has 0 unspecified atom stereocenters. The number of halogens is 1. The minimum Gasteiger partial charge on any atom is -0.357 e. The number of rotatable bonds is 10. The number of aliphatic imine (C=N–C) groups is 1. The lowest BCUT2D eigenvalue weighted by molar-refractivity contribution is 0.296. The topological polar surface area (TPSA) is 52.6 Å². The summed E-state index contributed by atoms with van der Waals surface area (Å²) < 4.78 is 0. The first kappa shape index (κ1) is 25.8. The van der Waals surface area contributed by atoms with Gasteiger partial charge >= 0.3 is 0 Å². The zero-order chi connectivity index (χ0) is 20.4. The van der Waals surface area contributed by atoms with Gasteiger partial charge in [-0.3, -0.25) is 4.90 Å². The molecule has 0 radical (unpaired) electrons. The van der Waals surface area contributed by atoms with E-state index in [1.54, 1.807) is 11.3 Å². The molecule has 0 spiro atoms. The summed E-state index contributed by atoms with van der Waals surface area (Å²) in [5, 5.41) is 9.94. The summed E-state index contributed by atoms with van der Waals surface area (Å²) in [6.45, 7) is 16.2. The highest BCUT2D eigenvalue weighted by Gasteiger charge is 2.06. The molecule has 2 aromatic rings. The van der Waals surface area contributed by atoms with Gasteiger partial charge in [0.1, 0.15) is 5.01 Å². The zero-order valence-corrected chi connectivity index (χ0v) is 21.5. The molecule has 1 aromatic carbocycles. The molecule has 0 saturated carbocycles. The quantitative estimate of drug-likeness (QED) is 0.259. The van der Waals surface area contributed by atoms with Crippen molar-refractivity contribution >= 4 is 41.3 Å². The number of thiazole rings is 1. The first-order valence-corrected chi connectivity index (χ1v) is 11.2. The maximum atomic E-state index is 4.72. The van der Waals surface area contributed by atoms with Crippen LogP contribution in [0, 0.1) is 0 Å². The molecule has 0 amide bonds. The van der Waals surface area contributed by atoms with E-state index < -0.39 is 0 Å². The molecule has 0 saturated heterocycles. The third-order valence-corrected chi connectivity index (χ3v) is 5.52. The lowest BCUT2D eigenvalue weighted by Gasteiger charge is -2.18. The van der Waals surface area contributed by atoms with Gasteiger partial charge < -0.3 is 10.6 Å². The molecule has 7 heteroatoms. The SMILES string of the molecule is CCNC(=NCc1ccc(CN(CC)CC)cc1)NCc1nc(C(C)C)cs1.I. The van der Waals surface area contributed by atoms with Gasteiger partial charge in [0.15, 0.2) is 5.96 Å². The highest BCUT2D eigenvalue weighted by Crippen LogP contribution is 2.17. The fraction of sp³-hybridized carbons (Fsp3) is 0.545. The van der Waals surface area contributed by atoms with Gasteiger partial charge in [0.2, 0.25) is 0 Å². The Labute approximate surface area is 197 Å². The highest BCUT2D eigenvalue weighted by atomic mass is 127. The van der Waals surface area contributed by atoms with Crippen molar-refractivity contribution in [1.29, 1.82) is 0 Å². The molecule has 0 aliphatic carbocycles. The Balaban J connectivity index is 0.00000420. The number of hydrogen-bond donors (Lipinski definition) is 2. The van der Waals surface area contributed by atoms with E-state index in [2.05, 4.69) is 84.8 Å². The molecule has 0 aliphatic rings. The number of guanidine groups is 1. The number of aromatic nitrogens is 1. The lowest BCUT2D eigenvalue weighted by Crippen LogP contribution is -2.36. The van der Waals surface area contributed by atoms with Crippen molar-refractivity contribution in [2.45, 2.75) is 60.2 Å². The summed E-state index contributed by atoms with van der Waals surface area (Å²) in [6, 6.07) is 8.79. The molecule has 1 heterocycles. The molecular formula is C22H36IN5S. The summed E-state index contributed by atoms with van der Waals surface area (Å²) in [4.78, 5) is 11.8. The molecule has 0 atom stereocenters. The third-order valence-electron chi connectivity index (χ3n) is 4.66. The molecule has 29 heavy (non-hydrogen) atoms. The van der Waals surface area contributed by atoms with Crippen molar-refractivity contribution < 1.29 is 0 Å². The Morgan fingerprint density at radius 2 is 1.72 bits per heavy atom. The molecule has 2 rings (SSSR count). The standard InChI is InChI=1S/C22H35N5S.HI/c1-6-23-22(25-14-21-26-20(16-28-21)17(4)5)24-13-18-9-11-19(12-10-18)15-27(7-2)8-3;/h9-12,16-17H,6-8,13-15H2,1-5H3,(H2,23,24,25);1H. The van der Waals surface area contributed by atoms with Crippen LogP contribution < -0.4 is 10.6 Å². The Bertz CT molecular complexity index is 723. The van der Waals surface area contributed by atoms with Crippen LogP contribution in [0.25, 0.3) is 0 Å².